The lowest BCUT2D eigenvalue weighted by molar-refractivity contribution is -0.00259. The standard InChI is InChI=1S/C11H13BrO2/c12-9-5-3-8(4-6-9)11(13)10-2-1-7-14-10/h3-6,10-11,13H,1-2,7H2/t10-,11+/m1/s1. The lowest BCUT2D eigenvalue weighted by Crippen LogP contribution is -2.16. The minimum atomic E-state index is -0.481. The number of benzene rings is 1. The van der Waals surface area contributed by atoms with Crippen LogP contribution in [0.3, 0.4) is 0 Å². The van der Waals surface area contributed by atoms with Crippen molar-refractivity contribution in [2.45, 2.75) is 25.0 Å². The Morgan fingerprint density at radius 3 is 2.64 bits per heavy atom. The molecule has 1 saturated heterocycles. The molecular formula is C11H13BrO2. The van der Waals surface area contributed by atoms with Crippen molar-refractivity contribution in [3.05, 3.63) is 34.3 Å². The molecular weight excluding hydrogens is 244 g/mol. The lowest BCUT2D eigenvalue weighted by Gasteiger charge is -2.17. The van der Waals surface area contributed by atoms with Crippen LogP contribution in [0.5, 0.6) is 0 Å². The molecule has 1 heterocycles. The third-order valence-electron chi connectivity index (χ3n) is 2.53. The van der Waals surface area contributed by atoms with Crippen LogP contribution in [0.1, 0.15) is 24.5 Å². The molecule has 2 nitrogen and oxygen atoms in total. The van der Waals surface area contributed by atoms with Gasteiger partial charge in [0.25, 0.3) is 0 Å². The molecule has 2 atom stereocenters. The van der Waals surface area contributed by atoms with Gasteiger partial charge in [-0.15, -0.1) is 0 Å². The zero-order valence-corrected chi connectivity index (χ0v) is 9.40. The van der Waals surface area contributed by atoms with Crippen LogP contribution in [0, 0.1) is 0 Å². The fraction of sp³-hybridized carbons (Fsp3) is 0.455. The van der Waals surface area contributed by atoms with E-state index in [4.69, 9.17) is 4.74 Å². The molecule has 1 aromatic carbocycles. The molecule has 1 aromatic rings. The molecule has 0 radical (unpaired) electrons. The summed E-state index contributed by atoms with van der Waals surface area (Å²) in [6, 6.07) is 7.73. The van der Waals surface area contributed by atoms with Crippen molar-refractivity contribution in [1.82, 2.24) is 0 Å². The highest BCUT2D eigenvalue weighted by atomic mass is 79.9. The van der Waals surface area contributed by atoms with Gasteiger partial charge >= 0.3 is 0 Å². The Morgan fingerprint density at radius 2 is 2.07 bits per heavy atom. The summed E-state index contributed by atoms with van der Waals surface area (Å²) in [4.78, 5) is 0. The molecule has 1 aliphatic heterocycles. The third-order valence-corrected chi connectivity index (χ3v) is 3.06. The predicted molar refractivity (Wildman–Crippen MR) is 58.1 cm³/mol. The van der Waals surface area contributed by atoms with Crippen LogP contribution in [-0.4, -0.2) is 17.8 Å². The summed E-state index contributed by atoms with van der Waals surface area (Å²) in [7, 11) is 0. The number of ether oxygens (including phenoxy) is 1. The number of hydrogen-bond donors (Lipinski definition) is 1. The van der Waals surface area contributed by atoms with Gasteiger partial charge in [-0.25, -0.2) is 0 Å². The van der Waals surface area contributed by atoms with Gasteiger partial charge < -0.3 is 9.84 Å². The third kappa shape index (κ3) is 2.16. The molecule has 0 spiro atoms. The van der Waals surface area contributed by atoms with E-state index in [-0.39, 0.29) is 6.10 Å². The second kappa shape index (κ2) is 4.43. The fourth-order valence-corrected chi connectivity index (χ4v) is 1.99. The maximum atomic E-state index is 9.97. The molecule has 1 aliphatic rings. The van der Waals surface area contributed by atoms with Gasteiger partial charge in [-0.2, -0.15) is 0 Å². The molecule has 1 fully saturated rings. The summed E-state index contributed by atoms with van der Waals surface area (Å²) in [6.07, 6.45) is 1.51. The highest BCUT2D eigenvalue weighted by Gasteiger charge is 2.24. The summed E-state index contributed by atoms with van der Waals surface area (Å²) in [5.74, 6) is 0. The van der Waals surface area contributed by atoms with Gasteiger partial charge in [0, 0.05) is 11.1 Å². The fourth-order valence-electron chi connectivity index (χ4n) is 1.73. The van der Waals surface area contributed by atoms with Gasteiger partial charge in [0.05, 0.1) is 6.10 Å². The maximum absolute atomic E-state index is 9.97. The molecule has 2 rings (SSSR count). The average Bonchev–Trinajstić information content (AvgIpc) is 2.71. The maximum Gasteiger partial charge on any atom is 0.105 e. The molecule has 76 valence electrons. The van der Waals surface area contributed by atoms with Gasteiger partial charge in [-0.05, 0) is 30.5 Å². The second-order valence-electron chi connectivity index (χ2n) is 3.55. The predicted octanol–water partition coefficient (Wildman–Crippen LogP) is 2.66. The SMILES string of the molecule is O[C@@H](c1ccc(Br)cc1)[C@H]1CCCO1. The molecule has 0 saturated carbocycles. The Labute approximate surface area is 92.0 Å². The van der Waals surface area contributed by atoms with Gasteiger partial charge in [0.2, 0.25) is 0 Å². The highest BCUT2D eigenvalue weighted by molar-refractivity contribution is 9.10. The summed E-state index contributed by atoms with van der Waals surface area (Å²) in [6.45, 7) is 0.776. The molecule has 0 amide bonds. The summed E-state index contributed by atoms with van der Waals surface area (Å²) in [5, 5.41) is 9.97. The first-order valence-corrected chi connectivity index (χ1v) is 5.62. The van der Waals surface area contributed by atoms with E-state index < -0.39 is 6.10 Å². The summed E-state index contributed by atoms with van der Waals surface area (Å²) >= 11 is 3.37. The zero-order chi connectivity index (χ0) is 9.97. The van der Waals surface area contributed by atoms with E-state index in [9.17, 15) is 5.11 Å². The number of aliphatic hydroxyl groups excluding tert-OH is 1. The largest absolute Gasteiger partial charge is 0.386 e. The quantitative estimate of drug-likeness (QED) is 0.882. The minimum absolute atomic E-state index is 0.0174. The first-order valence-electron chi connectivity index (χ1n) is 4.82. The van der Waals surface area contributed by atoms with E-state index in [1.807, 2.05) is 24.3 Å². The Hall–Kier alpha value is -0.380. The van der Waals surface area contributed by atoms with Crippen molar-refractivity contribution in [2.75, 3.05) is 6.61 Å². The first-order chi connectivity index (χ1) is 6.77. The van der Waals surface area contributed by atoms with Crippen molar-refractivity contribution in [1.29, 1.82) is 0 Å². The molecule has 14 heavy (non-hydrogen) atoms. The monoisotopic (exact) mass is 256 g/mol. The van der Waals surface area contributed by atoms with Gasteiger partial charge in [0.15, 0.2) is 0 Å². The number of aliphatic hydroxyl groups is 1. The summed E-state index contributed by atoms with van der Waals surface area (Å²) in [5.41, 5.74) is 0.931. The zero-order valence-electron chi connectivity index (χ0n) is 7.82. The Balaban J connectivity index is 2.09. The van der Waals surface area contributed by atoms with E-state index in [1.165, 1.54) is 0 Å². The van der Waals surface area contributed by atoms with Crippen LogP contribution in [0.15, 0.2) is 28.7 Å². The number of halogens is 1. The van der Waals surface area contributed by atoms with Crippen molar-refractivity contribution >= 4 is 15.9 Å². The molecule has 0 unspecified atom stereocenters. The van der Waals surface area contributed by atoms with E-state index >= 15 is 0 Å². The normalized spacial score (nSPS) is 23.7. The number of hydrogen-bond acceptors (Lipinski definition) is 2. The minimum Gasteiger partial charge on any atom is -0.386 e. The lowest BCUT2D eigenvalue weighted by atomic mass is 10.0. The molecule has 3 heteroatoms. The summed E-state index contributed by atoms with van der Waals surface area (Å²) < 4.78 is 6.47. The van der Waals surface area contributed by atoms with Crippen molar-refractivity contribution in [3.63, 3.8) is 0 Å². The van der Waals surface area contributed by atoms with Gasteiger partial charge in [0.1, 0.15) is 6.10 Å². The second-order valence-corrected chi connectivity index (χ2v) is 4.46. The Morgan fingerprint density at radius 1 is 1.36 bits per heavy atom. The molecule has 0 aromatic heterocycles. The van der Waals surface area contributed by atoms with Crippen LogP contribution in [0.2, 0.25) is 0 Å². The van der Waals surface area contributed by atoms with Crippen LogP contribution in [0.25, 0.3) is 0 Å². The average molecular weight is 257 g/mol. The molecule has 0 aliphatic carbocycles. The van der Waals surface area contributed by atoms with E-state index in [2.05, 4.69) is 15.9 Å². The number of rotatable bonds is 2. The van der Waals surface area contributed by atoms with Crippen LogP contribution in [-0.2, 0) is 4.74 Å². The molecule has 0 bridgehead atoms. The van der Waals surface area contributed by atoms with Crippen LogP contribution >= 0.6 is 15.9 Å². The van der Waals surface area contributed by atoms with Crippen LogP contribution in [0.4, 0.5) is 0 Å². The van der Waals surface area contributed by atoms with E-state index in [1.54, 1.807) is 0 Å². The highest BCUT2D eigenvalue weighted by Crippen LogP contribution is 2.27. The van der Waals surface area contributed by atoms with Crippen molar-refractivity contribution in [2.24, 2.45) is 0 Å². The van der Waals surface area contributed by atoms with E-state index in [0.717, 1.165) is 29.5 Å². The Kier molecular flexibility index (Phi) is 3.21. The molecule has 1 N–H and O–H groups in total. The van der Waals surface area contributed by atoms with Crippen LogP contribution < -0.4 is 0 Å². The van der Waals surface area contributed by atoms with Gasteiger partial charge in [-0.1, -0.05) is 28.1 Å². The first kappa shape index (κ1) is 10.1. The van der Waals surface area contributed by atoms with Crippen molar-refractivity contribution < 1.29 is 9.84 Å². The van der Waals surface area contributed by atoms with Crippen molar-refractivity contribution in [3.8, 4) is 0 Å². The topological polar surface area (TPSA) is 29.5 Å². The Bertz CT molecular complexity index is 291. The smallest absolute Gasteiger partial charge is 0.105 e. The van der Waals surface area contributed by atoms with E-state index in [0.29, 0.717) is 0 Å². The van der Waals surface area contributed by atoms with Gasteiger partial charge in [-0.3, -0.25) is 0 Å².